The fourth-order valence-electron chi connectivity index (χ4n) is 4.63. The Labute approximate surface area is 183 Å². The number of hydrogen-bond acceptors (Lipinski definition) is 5. The molecule has 0 radical (unpaired) electrons. The van der Waals surface area contributed by atoms with E-state index in [1.807, 2.05) is 18.2 Å². The number of carbonyl (C=O) groups excluding carboxylic acids is 1. The van der Waals surface area contributed by atoms with Gasteiger partial charge in [0.05, 0.1) is 12.5 Å². The van der Waals surface area contributed by atoms with Crippen molar-refractivity contribution in [2.45, 2.75) is 64.4 Å². The largest absolute Gasteiger partial charge is 0.393 e. The molecule has 0 unspecified atom stereocenters. The van der Waals surface area contributed by atoms with Gasteiger partial charge in [0.25, 0.3) is 5.56 Å². The first kappa shape index (κ1) is 23.0. The summed E-state index contributed by atoms with van der Waals surface area (Å²) in [6.45, 7) is 4.93. The molecule has 2 aromatic rings. The molecule has 7 heteroatoms. The second-order valence-electron chi connectivity index (χ2n) is 9.47. The maximum atomic E-state index is 12.6. The fourth-order valence-corrected chi connectivity index (χ4v) is 4.63. The van der Waals surface area contributed by atoms with Crippen LogP contribution in [0.1, 0.15) is 63.0 Å². The molecule has 1 saturated carbocycles. The molecule has 168 valence electrons. The molecule has 0 aliphatic heterocycles. The van der Waals surface area contributed by atoms with E-state index >= 15 is 0 Å². The molecule has 0 bridgehead atoms. The van der Waals surface area contributed by atoms with E-state index < -0.39 is 0 Å². The Morgan fingerprint density at radius 2 is 2.06 bits per heavy atom. The number of nitrogens with zero attached hydrogens (tertiary/aromatic N) is 1. The molecule has 5 N–H and O–H groups in total. The molecule has 1 amide bonds. The first-order valence-corrected chi connectivity index (χ1v) is 11.1. The van der Waals surface area contributed by atoms with Crippen LogP contribution in [0, 0.1) is 11.3 Å². The average Bonchev–Trinajstić information content (AvgIpc) is 2.78. The van der Waals surface area contributed by atoms with E-state index in [0.717, 1.165) is 32.1 Å². The van der Waals surface area contributed by atoms with Gasteiger partial charge in [0.1, 0.15) is 0 Å². The van der Waals surface area contributed by atoms with Gasteiger partial charge in [0.15, 0.2) is 5.95 Å². The lowest BCUT2D eigenvalue weighted by Gasteiger charge is -2.34. The van der Waals surface area contributed by atoms with Crippen LogP contribution in [0.4, 0.5) is 5.95 Å². The van der Waals surface area contributed by atoms with Crippen LogP contribution in [0.3, 0.4) is 0 Å². The lowest BCUT2D eigenvalue weighted by atomic mass is 9.74. The molecule has 1 aliphatic carbocycles. The predicted octanol–water partition coefficient (Wildman–Crippen LogP) is 2.76. The van der Waals surface area contributed by atoms with E-state index in [9.17, 15) is 14.7 Å². The van der Waals surface area contributed by atoms with Crippen LogP contribution in [0.5, 0.6) is 0 Å². The summed E-state index contributed by atoms with van der Waals surface area (Å²) in [5.74, 6) is 0.490. The summed E-state index contributed by atoms with van der Waals surface area (Å²) in [5.41, 5.74) is 6.50. The Bertz CT molecular complexity index is 930. The standard InChI is InChI=1S/C24H34N4O3/c1-16-8-9-24(2,13-18(11-20(29)10-16)17-6-4-3-5-7-17)15-27-21(30)12-19-14-26-23(25)28-22(19)31/h3-7,14,16,18,20,29H,8-13,15H2,1-2H3,(H,27,30)(H3,25,26,28,31)/t16-,18-,20+,24+/m1/s1. The zero-order chi connectivity index (χ0) is 22.4. The number of aliphatic hydroxyl groups is 1. The Hall–Kier alpha value is -2.67. The molecule has 3 rings (SSSR count). The van der Waals surface area contributed by atoms with E-state index in [-0.39, 0.29) is 41.3 Å². The van der Waals surface area contributed by atoms with Crippen LogP contribution >= 0.6 is 0 Å². The van der Waals surface area contributed by atoms with E-state index in [0.29, 0.717) is 18.0 Å². The smallest absolute Gasteiger partial charge is 0.255 e. The SMILES string of the molecule is C[C@@H]1CC[C@](C)(CNC(=O)Cc2cnc(N)[nH]c2=O)C[C@H](c2ccccc2)C[C@@H](O)C1. The zero-order valence-electron chi connectivity index (χ0n) is 18.4. The summed E-state index contributed by atoms with van der Waals surface area (Å²) in [5, 5.41) is 13.7. The Balaban J connectivity index is 1.71. The number of amides is 1. The molecule has 7 nitrogen and oxygen atoms in total. The Morgan fingerprint density at radius 3 is 2.77 bits per heavy atom. The lowest BCUT2D eigenvalue weighted by Crippen LogP contribution is -2.38. The van der Waals surface area contributed by atoms with Gasteiger partial charge in [-0.3, -0.25) is 14.6 Å². The van der Waals surface area contributed by atoms with Gasteiger partial charge in [-0.15, -0.1) is 0 Å². The van der Waals surface area contributed by atoms with Crippen molar-refractivity contribution in [1.29, 1.82) is 0 Å². The summed E-state index contributed by atoms with van der Waals surface area (Å²) < 4.78 is 0. The number of aliphatic hydroxyl groups excluding tert-OH is 1. The van der Waals surface area contributed by atoms with Crippen molar-refractivity contribution in [2.75, 3.05) is 12.3 Å². The molecule has 1 aromatic carbocycles. The van der Waals surface area contributed by atoms with Gasteiger partial charge in [-0.1, -0.05) is 50.6 Å². The van der Waals surface area contributed by atoms with Crippen LogP contribution in [0.15, 0.2) is 41.3 Å². The molecule has 1 heterocycles. The Morgan fingerprint density at radius 1 is 1.32 bits per heavy atom. The van der Waals surface area contributed by atoms with Crippen molar-refractivity contribution in [1.82, 2.24) is 15.3 Å². The van der Waals surface area contributed by atoms with Crippen molar-refractivity contribution >= 4 is 11.9 Å². The van der Waals surface area contributed by atoms with Gasteiger partial charge in [-0.05, 0) is 48.5 Å². The number of benzene rings is 1. The van der Waals surface area contributed by atoms with Gasteiger partial charge in [0.2, 0.25) is 5.91 Å². The molecular weight excluding hydrogens is 392 g/mol. The molecule has 4 atom stereocenters. The minimum atomic E-state index is -0.386. The van der Waals surface area contributed by atoms with Gasteiger partial charge in [-0.2, -0.15) is 0 Å². The van der Waals surface area contributed by atoms with E-state index in [2.05, 4.69) is 41.3 Å². The number of rotatable bonds is 5. The molecule has 0 spiro atoms. The van der Waals surface area contributed by atoms with Gasteiger partial charge in [0, 0.05) is 18.3 Å². The number of anilines is 1. The van der Waals surface area contributed by atoms with Gasteiger partial charge in [-0.25, -0.2) is 4.98 Å². The summed E-state index contributed by atoms with van der Waals surface area (Å²) in [4.78, 5) is 30.8. The third kappa shape index (κ3) is 6.66. The van der Waals surface area contributed by atoms with Crippen LogP contribution < -0.4 is 16.6 Å². The maximum absolute atomic E-state index is 12.6. The molecule has 0 saturated heterocycles. The third-order valence-corrected chi connectivity index (χ3v) is 6.44. The van der Waals surface area contributed by atoms with Gasteiger partial charge >= 0.3 is 0 Å². The van der Waals surface area contributed by atoms with Crippen LogP contribution in [0.25, 0.3) is 0 Å². The van der Waals surface area contributed by atoms with E-state index in [1.54, 1.807) is 0 Å². The second-order valence-corrected chi connectivity index (χ2v) is 9.47. The highest BCUT2D eigenvalue weighted by molar-refractivity contribution is 5.78. The second kappa shape index (κ2) is 10.1. The predicted molar refractivity (Wildman–Crippen MR) is 122 cm³/mol. The number of nitrogens with two attached hydrogens (primary N) is 1. The van der Waals surface area contributed by atoms with Crippen molar-refractivity contribution in [2.24, 2.45) is 11.3 Å². The van der Waals surface area contributed by atoms with E-state index in [1.165, 1.54) is 11.8 Å². The summed E-state index contributed by atoms with van der Waals surface area (Å²) in [6, 6.07) is 10.3. The van der Waals surface area contributed by atoms with Crippen molar-refractivity contribution < 1.29 is 9.90 Å². The topological polar surface area (TPSA) is 121 Å². The average molecular weight is 427 g/mol. The molecule has 1 aliphatic rings. The van der Waals surface area contributed by atoms with Gasteiger partial charge < -0.3 is 16.2 Å². The first-order valence-electron chi connectivity index (χ1n) is 11.1. The van der Waals surface area contributed by atoms with Crippen LogP contribution in [-0.2, 0) is 11.2 Å². The van der Waals surface area contributed by atoms with E-state index in [4.69, 9.17) is 5.73 Å². The minimum Gasteiger partial charge on any atom is -0.393 e. The number of aromatic amines is 1. The number of aromatic nitrogens is 2. The summed E-state index contributed by atoms with van der Waals surface area (Å²) in [7, 11) is 0. The molecule has 1 aromatic heterocycles. The van der Waals surface area contributed by atoms with Crippen LogP contribution in [0.2, 0.25) is 0 Å². The molecule has 31 heavy (non-hydrogen) atoms. The van der Waals surface area contributed by atoms with Crippen molar-refractivity contribution in [3.05, 3.63) is 58.0 Å². The monoisotopic (exact) mass is 426 g/mol. The van der Waals surface area contributed by atoms with Crippen molar-refractivity contribution in [3.8, 4) is 0 Å². The molecular formula is C24H34N4O3. The van der Waals surface area contributed by atoms with Crippen molar-refractivity contribution in [3.63, 3.8) is 0 Å². The number of nitrogens with one attached hydrogen (secondary N) is 2. The number of H-pyrrole nitrogens is 1. The highest BCUT2D eigenvalue weighted by Crippen LogP contribution is 2.41. The lowest BCUT2D eigenvalue weighted by molar-refractivity contribution is -0.121. The quantitative estimate of drug-likeness (QED) is 0.586. The summed E-state index contributed by atoms with van der Waals surface area (Å²) in [6.07, 6.45) is 5.39. The normalized spacial score (nSPS) is 27.0. The first-order chi connectivity index (χ1) is 14.7. The number of hydrogen-bond donors (Lipinski definition) is 4. The highest BCUT2D eigenvalue weighted by Gasteiger charge is 2.33. The Kier molecular flexibility index (Phi) is 7.49. The van der Waals surface area contributed by atoms with Crippen LogP contribution in [-0.4, -0.2) is 33.6 Å². The number of nitrogen functional groups attached to an aromatic ring is 1. The summed E-state index contributed by atoms with van der Waals surface area (Å²) >= 11 is 0. The number of carbonyl (C=O) groups is 1. The fraction of sp³-hybridized carbons (Fsp3) is 0.542. The zero-order valence-corrected chi connectivity index (χ0v) is 18.4. The third-order valence-electron chi connectivity index (χ3n) is 6.44. The maximum Gasteiger partial charge on any atom is 0.255 e. The highest BCUT2D eigenvalue weighted by atomic mass is 16.3. The molecule has 1 fully saturated rings. The minimum absolute atomic E-state index is 0.0318.